The van der Waals surface area contributed by atoms with Crippen molar-refractivity contribution < 1.29 is 4.42 Å². The highest BCUT2D eigenvalue weighted by Crippen LogP contribution is 2.26. The van der Waals surface area contributed by atoms with Crippen LogP contribution in [0, 0.1) is 13.8 Å². The van der Waals surface area contributed by atoms with Gasteiger partial charge in [0.2, 0.25) is 0 Å². The molecule has 0 bridgehead atoms. The van der Waals surface area contributed by atoms with Gasteiger partial charge in [-0.15, -0.1) is 11.3 Å². The molecule has 25 heavy (non-hydrogen) atoms. The average molecular weight is 361 g/mol. The van der Waals surface area contributed by atoms with E-state index in [-0.39, 0.29) is 6.04 Å². The molecule has 0 aliphatic carbocycles. The van der Waals surface area contributed by atoms with Gasteiger partial charge in [0, 0.05) is 18.5 Å². The molecule has 0 aromatic carbocycles. The minimum Gasteiger partial charge on any atom is -0.465 e. The molecular weight excluding hydrogens is 332 g/mol. The van der Waals surface area contributed by atoms with E-state index >= 15 is 0 Å². The summed E-state index contributed by atoms with van der Waals surface area (Å²) in [6.07, 6.45) is 2.53. The summed E-state index contributed by atoms with van der Waals surface area (Å²) in [7, 11) is 1.82. The number of aliphatic imine (C=N–C) groups is 1. The number of hydrogen-bond acceptors (Lipinski definition) is 4. The predicted octanol–water partition coefficient (Wildman–Crippen LogP) is 3.46. The van der Waals surface area contributed by atoms with Crippen LogP contribution in [-0.4, -0.2) is 37.5 Å². The van der Waals surface area contributed by atoms with Crippen LogP contribution in [0.1, 0.15) is 40.8 Å². The molecule has 2 N–H and O–H groups in total. The van der Waals surface area contributed by atoms with Crippen molar-refractivity contribution in [3.63, 3.8) is 0 Å². The van der Waals surface area contributed by atoms with Gasteiger partial charge in [-0.2, -0.15) is 0 Å². The number of likely N-dealkylation sites (tertiary alicyclic amines) is 1. The fourth-order valence-electron chi connectivity index (χ4n) is 3.26. The number of nitrogens with zero attached hydrogens (tertiary/aromatic N) is 2. The summed E-state index contributed by atoms with van der Waals surface area (Å²) in [6.45, 7) is 8.00. The van der Waals surface area contributed by atoms with E-state index in [1.54, 1.807) is 11.3 Å². The number of nitrogens with one attached hydrogen (secondary N) is 2. The molecule has 0 spiro atoms. The van der Waals surface area contributed by atoms with Crippen LogP contribution in [0.15, 0.2) is 33.0 Å². The van der Waals surface area contributed by atoms with Crippen LogP contribution in [0.25, 0.3) is 0 Å². The molecule has 0 amide bonds. The lowest BCUT2D eigenvalue weighted by Gasteiger charge is -2.26. The second kappa shape index (κ2) is 8.54. The van der Waals surface area contributed by atoms with Crippen LogP contribution in [0.3, 0.4) is 0 Å². The van der Waals surface area contributed by atoms with E-state index < -0.39 is 0 Å². The van der Waals surface area contributed by atoms with Crippen LogP contribution < -0.4 is 10.6 Å². The number of guanidine groups is 1. The van der Waals surface area contributed by atoms with Gasteiger partial charge in [0.05, 0.1) is 12.6 Å². The van der Waals surface area contributed by atoms with E-state index in [0.29, 0.717) is 0 Å². The van der Waals surface area contributed by atoms with Crippen LogP contribution in [0.5, 0.6) is 0 Å². The molecule has 0 saturated carbocycles. The smallest absolute Gasteiger partial charge is 0.191 e. The predicted molar refractivity (Wildman–Crippen MR) is 104 cm³/mol. The maximum Gasteiger partial charge on any atom is 0.191 e. The largest absolute Gasteiger partial charge is 0.465 e. The van der Waals surface area contributed by atoms with Crippen molar-refractivity contribution in [3.8, 4) is 0 Å². The zero-order valence-electron chi connectivity index (χ0n) is 15.3. The topological polar surface area (TPSA) is 52.8 Å². The van der Waals surface area contributed by atoms with Gasteiger partial charge in [-0.25, -0.2) is 0 Å². The fraction of sp³-hybridized carbons (Fsp3) is 0.526. The van der Waals surface area contributed by atoms with E-state index in [1.807, 2.05) is 20.0 Å². The molecule has 1 unspecified atom stereocenters. The van der Waals surface area contributed by atoms with E-state index in [9.17, 15) is 0 Å². The van der Waals surface area contributed by atoms with Crippen molar-refractivity contribution in [2.24, 2.45) is 4.99 Å². The Kier molecular flexibility index (Phi) is 6.15. The summed E-state index contributed by atoms with van der Waals surface area (Å²) in [5.74, 6) is 2.84. The Morgan fingerprint density at radius 3 is 2.64 bits per heavy atom. The number of rotatable bonds is 6. The maximum absolute atomic E-state index is 5.92. The summed E-state index contributed by atoms with van der Waals surface area (Å²) in [5, 5.41) is 9.02. The summed E-state index contributed by atoms with van der Waals surface area (Å²) in [6, 6.07) is 6.55. The third-order valence-corrected chi connectivity index (χ3v) is 5.77. The highest BCUT2D eigenvalue weighted by atomic mass is 32.1. The average Bonchev–Trinajstić information content (AvgIpc) is 3.34. The Balaban J connectivity index is 1.60. The van der Waals surface area contributed by atoms with Crippen molar-refractivity contribution >= 4 is 17.3 Å². The molecule has 2 aromatic rings. The Hall–Kier alpha value is -1.79. The molecule has 1 aliphatic rings. The Morgan fingerprint density at radius 2 is 2.04 bits per heavy atom. The molecule has 1 atom stereocenters. The highest BCUT2D eigenvalue weighted by Gasteiger charge is 2.26. The van der Waals surface area contributed by atoms with Crippen molar-refractivity contribution in [2.75, 3.05) is 26.7 Å². The maximum atomic E-state index is 5.92. The van der Waals surface area contributed by atoms with Crippen molar-refractivity contribution in [1.29, 1.82) is 0 Å². The molecule has 0 radical (unpaired) electrons. The number of thiophene rings is 1. The molecule has 5 nitrogen and oxygen atoms in total. The quantitative estimate of drug-likeness (QED) is 0.612. The first-order valence-electron chi connectivity index (χ1n) is 8.95. The third-order valence-electron chi connectivity index (χ3n) is 4.74. The molecule has 1 aliphatic heterocycles. The molecule has 136 valence electrons. The Labute approximate surface area is 154 Å². The second-order valence-electron chi connectivity index (χ2n) is 6.54. The van der Waals surface area contributed by atoms with Crippen LogP contribution in [0.4, 0.5) is 0 Å². The molecule has 3 heterocycles. The van der Waals surface area contributed by atoms with Gasteiger partial charge in [-0.3, -0.25) is 9.89 Å². The molecule has 6 heteroatoms. The van der Waals surface area contributed by atoms with Gasteiger partial charge in [0.1, 0.15) is 11.5 Å². The van der Waals surface area contributed by atoms with Crippen molar-refractivity contribution in [2.45, 2.75) is 39.3 Å². The summed E-state index contributed by atoms with van der Waals surface area (Å²) in [5.41, 5.74) is 1.33. The minimum atomic E-state index is 0.248. The zero-order valence-corrected chi connectivity index (χ0v) is 16.2. The third kappa shape index (κ3) is 4.64. The first-order chi connectivity index (χ1) is 12.2. The van der Waals surface area contributed by atoms with Gasteiger partial charge >= 0.3 is 0 Å². The molecule has 2 aromatic heterocycles. The van der Waals surface area contributed by atoms with E-state index in [1.165, 1.54) is 23.3 Å². The van der Waals surface area contributed by atoms with E-state index in [4.69, 9.17) is 4.42 Å². The molecule has 3 rings (SSSR count). The lowest BCUT2D eigenvalue weighted by Crippen LogP contribution is -2.42. The zero-order chi connectivity index (χ0) is 17.6. The van der Waals surface area contributed by atoms with Crippen LogP contribution in [0.2, 0.25) is 0 Å². The fourth-order valence-corrected chi connectivity index (χ4v) is 4.10. The number of furan rings is 1. The van der Waals surface area contributed by atoms with Gasteiger partial charge in [-0.1, -0.05) is 0 Å². The van der Waals surface area contributed by atoms with E-state index in [0.717, 1.165) is 43.7 Å². The lowest BCUT2D eigenvalue weighted by molar-refractivity contribution is 0.213. The normalized spacial score (nSPS) is 17.0. The van der Waals surface area contributed by atoms with Crippen LogP contribution >= 0.6 is 11.3 Å². The van der Waals surface area contributed by atoms with Gasteiger partial charge in [0.25, 0.3) is 0 Å². The molecule has 1 saturated heterocycles. The van der Waals surface area contributed by atoms with E-state index in [2.05, 4.69) is 45.0 Å². The van der Waals surface area contributed by atoms with Gasteiger partial charge in [0.15, 0.2) is 5.96 Å². The SMILES string of the molecule is CN=C(NCc1sccc1C)NCC(c1ccc(C)o1)N1CCCC1. The monoisotopic (exact) mass is 360 g/mol. The Bertz CT molecular complexity index is 700. The lowest BCUT2D eigenvalue weighted by atomic mass is 10.2. The molecular formula is C19H28N4OS. The number of aryl methyl sites for hydroxylation is 2. The van der Waals surface area contributed by atoms with Gasteiger partial charge < -0.3 is 15.1 Å². The summed E-state index contributed by atoms with van der Waals surface area (Å²) < 4.78 is 5.92. The minimum absolute atomic E-state index is 0.248. The van der Waals surface area contributed by atoms with Crippen molar-refractivity contribution in [1.82, 2.24) is 15.5 Å². The van der Waals surface area contributed by atoms with Gasteiger partial charge in [-0.05, 0) is 68.9 Å². The second-order valence-corrected chi connectivity index (χ2v) is 7.54. The first-order valence-corrected chi connectivity index (χ1v) is 9.83. The first kappa shape index (κ1) is 18.0. The Morgan fingerprint density at radius 1 is 1.24 bits per heavy atom. The molecule has 1 fully saturated rings. The highest BCUT2D eigenvalue weighted by molar-refractivity contribution is 7.10. The summed E-state index contributed by atoms with van der Waals surface area (Å²) in [4.78, 5) is 8.21. The standard InChI is InChI=1S/C19H28N4OS/c1-14-8-11-25-18(14)13-22-19(20-3)21-12-16(23-9-4-5-10-23)17-7-6-15(2)24-17/h6-8,11,16H,4-5,9-10,12-13H2,1-3H3,(H2,20,21,22). The van der Waals surface area contributed by atoms with Crippen molar-refractivity contribution in [3.05, 3.63) is 45.5 Å². The summed E-state index contributed by atoms with van der Waals surface area (Å²) >= 11 is 1.78. The number of hydrogen-bond donors (Lipinski definition) is 2. The van der Waals surface area contributed by atoms with Crippen LogP contribution in [-0.2, 0) is 6.54 Å².